The molecule has 23 heavy (non-hydrogen) atoms. The molecule has 0 fully saturated rings. The van der Waals surface area contributed by atoms with Crippen molar-refractivity contribution in [3.8, 4) is 0 Å². The van der Waals surface area contributed by atoms with Crippen LogP contribution in [0.15, 0.2) is 46.8 Å². The highest BCUT2D eigenvalue weighted by atomic mass is 35.5. The van der Waals surface area contributed by atoms with Crippen LogP contribution < -0.4 is 4.72 Å². The number of aromatic amines is 1. The van der Waals surface area contributed by atoms with Gasteiger partial charge in [-0.2, -0.15) is 0 Å². The summed E-state index contributed by atoms with van der Waals surface area (Å²) in [6.45, 7) is 3.75. The standard InChI is InChI=1S/C16H17ClN2O2S2/c1-16(2,19-23(20,21)15-8-7-14(17)22-15)9-11-10-18-13-6-4-3-5-12(11)13/h3-8,10,18-19H,9H2,1-2H3. The molecule has 2 N–H and O–H groups in total. The summed E-state index contributed by atoms with van der Waals surface area (Å²) in [5.41, 5.74) is 1.50. The first kappa shape index (κ1) is 16.5. The molecule has 4 nitrogen and oxygen atoms in total. The maximum absolute atomic E-state index is 12.5. The van der Waals surface area contributed by atoms with E-state index < -0.39 is 15.6 Å². The first-order chi connectivity index (χ1) is 10.8. The van der Waals surface area contributed by atoms with Crippen molar-refractivity contribution >= 4 is 43.9 Å². The average Bonchev–Trinajstić information content (AvgIpc) is 3.05. The predicted molar refractivity (Wildman–Crippen MR) is 95.7 cm³/mol. The molecular weight excluding hydrogens is 352 g/mol. The third-order valence-electron chi connectivity index (χ3n) is 3.53. The number of fused-ring (bicyclic) bond motifs is 1. The van der Waals surface area contributed by atoms with Gasteiger partial charge < -0.3 is 4.98 Å². The van der Waals surface area contributed by atoms with E-state index in [4.69, 9.17) is 11.6 Å². The third-order valence-corrected chi connectivity index (χ3v) is 6.95. The van der Waals surface area contributed by atoms with Crippen LogP contribution in [-0.2, 0) is 16.4 Å². The number of halogens is 1. The highest BCUT2D eigenvalue weighted by Gasteiger charge is 2.28. The second-order valence-electron chi connectivity index (χ2n) is 6.08. The first-order valence-electron chi connectivity index (χ1n) is 7.11. The molecule has 0 spiro atoms. The second kappa shape index (κ2) is 5.94. The Morgan fingerprint density at radius 3 is 2.65 bits per heavy atom. The summed E-state index contributed by atoms with van der Waals surface area (Å²) < 4.78 is 28.4. The fourth-order valence-corrected chi connectivity index (χ4v) is 5.54. The normalized spacial score (nSPS) is 12.8. The number of H-pyrrole nitrogens is 1. The van der Waals surface area contributed by atoms with Gasteiger partial charge in [-0.05, 0) is 44.0 Å². The Bertz CT molecular complexity index is 942. The van der Waals surface area contributed by atoms with Crippen molar-refractivity contribution in [1.82, 2.24) is 9.71 Å². The Balaban J connectivity index is 1.84. The zero-order valence-electron chi connectivity index (χ0n) is 12.8. The molecular formula is C16H17ClN2O2S2. The molecule has 7 heteroatoms. The summed E-state index contributed by atoms with van der Waals surface area (Å²) in [4.78, 5) is 3.22. The van der Waals surface area contributed by atoms with Gasteiger partial charge in [0.15, 0.2) is 0 Å². The minimum absolute atomic E-state index is 0.231. The van der Waals surface area contributed by atoms with Gasteiger partial charge in [0.05, 0.1) is 4.34 Å². The quantitative estimate of drug-likeness (QED) is 0.709. The van der Waals surface area contributed by atoms with Crippen LogP contribution in [0.3, 0.4) is 0 Å². The van der Waals surface area contributed by atoms with Crippen LogP contribution in [0.4, 0.5) is 0 Å². The SMILES string of the molecule is CC(C)(Cc1c[nH]c2ccccc12)NS(=O)(=O)c1ccc(Cl)s1. The van der Waals surface area contributed by atoms with Gasteiger partial charge in [0.25, 0.3) is 10.0 Å². The third kappa shape index (κ3) is 3.61. The van der Waals surface area contributed by atoms with Crippen molar-refractivity contribution in [3.05, 3.63) is 52.5 Å². The summed E-state index contributed by atoms with van der Waals surface area (Å²) in [7, 11) is -3.58. The smallest absolute Gasteiger partial charge is 0.250 e. The van der Waals surface area contributed by atoms with Crippen LogP contribution >= 0.6 is 22.9 Å². The molecule has 3 rings (SSSR count). The molecule has 0 amide bonds. The minimum atomic E-state index is -3.58. The Labute approximate surface area is 144 Å². The number of nitrogens with one attached hydrogen (secondary N) is 2. The Morgan fingerprint density at radius 1 is 1.22 bits per heavy atom. The van der Waals surface area contributed by atoms with Gasteiger partial charge in [0, 0.05) is 22.6 Å². The molecule has 1 aromatic carbocycles. The van der Waals surface area contributed by atoms with Crippen molar-refractivity contribution in [1.29, 1.82) is 0 Å². The van der Waals surface area contributed by atoms with Gasteiger partial charge in [-0.25, -0.2) is 13.1 Å². The molecule has 0 saturated carbocycles. The molecule has 0 atom stereocenters. The number of aromatic nitrogens is 1. The van der Waals surface area contributed by atoms with Crippen molar-refractivity contribution in [2.24, 2.45) is 0 Å². The van der Waals surface area contributed by atoms with E-state index in [-0.39, 0.29) is 4.21 Å². The summed E-state index contributed by atoms with van der Waals surface area (Å²) in [6, 6.07) is 11.1. The maximum atomic E-state index is 12.5. The fourth-order valence-electron chi connectivity index (χ4n) is 2.65. The summed E-state index contributed by atoms with van der Waals surface area (Å²) in [5, 5.41) is 1.11. The minimum Gasteiger partial charge on any atom is -0.361 e. The molecule has 0 aliphatic rings. The zero-order valence-corrected chi connectivity index (χ0v) is 15.1. The van der Waals surface area contributed by atoms with E-state index in [9.17, 15) is 8.42 Å². The molecule has 0 aliphatic heterocycles. The zero-order chi connectivity index (χ0) is 16.7. The highest BCUT2D eigenvalue weighted by Crippen LogP contribution is 2.28. The van der Waals surface area contributed by atoms with E-state index in [2.05, 4.69) is 9.71 Å². The Kier molecular flexibility index (Phi) is 4.27. The maximum Gasteiger partial charge on any atom is 0.250 e. The molecule has 3 aromatic rings. The molecule has 0 bridgehead atoms. The number of para-hydroxylation sites is 1. The monoisotopic (exact) mass is 368 g/mol. The lowest BCUT2D eigenvalue weighted by Crippen LogP contribution is -2.44. The number of thiophene rings is 1. The van der Waals surface area contributed by atoms with Crippen LogP contribution in [0.25, 0.3) is 10.9 Å². The van der Waals surface area contributed by atoms with Crippen LogP contribution in [0, 0.1) is 0 Å². The van der Waals surface area contributed by atoms with Crippen molar-refractivity contribution in [3.63, 3.8) is 0 Å². The van der Waals surface area contributed by atoms with E-state index in [1.165, 1.54) is 6.07 Å². The molecule has 0 radical (unpaired) electrons. The largest absolute Gasteiger partial charge is 0.361 e. The van der Waals surface area contributed by atoms with E-state index >= 15 is 0 Å². The second-order valence-corrected chi connectivity index (χ2v) is 9.71. The van der Waals surface area contributed by atoms with Gasteiger partial charge in [-0.1, -0.05) is 29.8 Å². The van der Waals surface area contributed by atoms with Gasteiger partial charge in [-0.3, -0.25) is 0 Å². The number of benzene rings is 1. The predicted octanol–water partition coefficient (Wildman–Crippen LogP) is 4.18. The van der Waals surface area contributed by atoms with Crippen LogP contribution in [0.1, 0.15) is 19.4 Å². The lowest BCUT2D eigenvalue weighted by Gasteiger charge is -2.25. The van der Waals surface area contributed by atoms with Gasteiger partial charge >= 0.3 is 0 Å². The van der Waals surface area contributed by atoms with Gasteiger partial charge in [-0.15, -0.1) is 11.3 Å². The number of rotatable bonds is 5. The van der Waals surface area contributed by atoms with Crippen molar-refractivity contribution in [2.45, 2.75) is 30.0 Å². The molecule has 0 saturated heterocycles. The van der Waals surface area contributed by atoms with Crippen LogP contribution in [-0.4, -0.2) is 18.9 Å². The number of hydrogen-bond acceptors (Lipinski definition) is 3. The number of sulfonamides is 1. The summed E-state index contributed by atoms with van der Waals surface area (Å²) in [5.74, 6) is 0. The van der Waals surface area contributed by atoms with E-state index in [1.807, 2.05) is 44.3 Å². The van der Waals surface area contributed by atoms with Crippen LogP contribution in [0.5, 0.6) is 0 Å². The van der Waals surface area contributed by atoms with E-state index in [0.29, 0.717) is 10.8 Å². The topological polar surface area (TPSA) is 62.0 Å². The van der Waals surface area contributed by atoms with Gasteiger partial charge in [0.2, 0.25) is 0 Å². The molecule has 122 valence electrons. The van der Waals surface area contributed by atoms with E-state index in [0.717, 1.165) is 27.8 Å². The molecule has 0 aliphatic carbocycles. The average molecular weight is 369 g/mol. The van der Waals surface area contributed by atoms with E-state index in [1.54, 1.807) is 6.07 Å². The molecule has 2 aromatic heterocycles. The molecule has 0 unspecified atom stereocenters. The number of hydrogen-bond donors (Lipinski definition) is 2. The van der Waals surface area contributed by atoms with Crippen molar-refractivity contribution in [2.75, 3.05) is 0 Å². The van der Waals surface area contributed by atoms with Gasteiger partial charge in [0.1, 0.15) is 4.21 Å². The summed E-state index contributed by atoms with van der Waals surface area (Å²) >= 11 is 6.89. The molecule has 2 heterocycles. The lowest BCUT2D eigenvalue weighted by atomic mass is 9.96. The summed E-state index contributed by atoms with van der Waals surface area (Å²) in [6.07, 6.45) is 2.51. The van der Waals surface area contributed by atoms with Crippen molar-refractivity contribution < 1.29 is 8.42 Å². The lowest BCUT2D eigenvalue weighted by molar-refractivity contribution is 0.452. The van der Waals surface area contributed by atoms with Crippen LogP contribution in [0.2, 0.25) is 4.34 Å². The first-order valence-corrected chi connectivity index (χ1v) is 9.79. The Morgan fingerprint density at radius 2 is 1.96 bits per heavy atom. The Hall–Kier alpha value is -1.34. The fraction of sp³-hybridized carbons (Fsp3) is 0.250. The highest BCUT2D eigenvalue weighted by molar-refractivity contribution is 7.91.